The SMILES string of the molecule is CC(=O)OCC1=C(C(=O)O)N2C(=O)[C@](N)(COC(=O)Cc3cccs3)[C@H]2SC1. The van der Waals surface area contributed by atoms with Gasteiger partial charge in [-0.05, 0) is 11.4 Å². The molecule has 150 valence electrons. The van der Waals surface area contributed by atoms with Gasteiger partial charge in [0.25, 0.3) is 5.91 Å². The summed E-state index contributed by atoms with van der Waals surface area (Å²) in [6, 6.07) is 3.61. The third kappa shape index (κ3) is 3.77. The molecule has 0 radical (unpaired) electrons. The first-order chi connectivity index (χ1) is 13.2. The fourth-order valence-electron chi connectivity index (χ4n) is 2.95. The van der Waals surface area contributed by atoms with E-state index < -0.39 is 34.7 Å². The Kier molecular flexibility index (Phi) is 5.77. The van der Waals surface area contributed by atoms with Crippen LogP contribution < -0.4 is 5.73 Å². The van der Waals surface area contributed by atoms with Crippen LogP contribution in [0.5, 0.6) is 0 Å². The second kappa shape index (κ2) is 7.94. The van der Waals surface area contributed by atoms with Gasteiger partial charge in [-0.15, -0.1) is 23.1 Å². The molecule has 2 aliphatic heterocycles. The fourth-order valence-corrected chi connectivity index (χ4v) is 5.04. The Morgan fingerprint density at radius 3 is 2.75 bits per heavy atom. The molecule has 0 spiro atoms. The zero-order valence-corrected chi connectivity index (χ0v) is 16.5. The second-order valence-corrected chi connectivity index (χ2v) is 8.43. The van der Waals surface area contributed by atoms with E-state index in [1.165, 1.54) is 30.0 Å². The lowest BCUT2D eigenvalue weighted by Crippen LogP contribution is -2.79. The molecule has 2 atom stereocenters. The third-order valence-electron chi connectivity index (χ3n) is 4.31. The van der Waals surface area contributed by atoms with Crippen LogP contribution in [0.15, 0.2) is 28.8 Å². The highest BCUT2D eigenvalue weighted by Crippen LogP contribution is 2.45. The van der Waals surface area contributed by atoms with Crippen LogP contribution in [-0.4, -0.2) is 63.7 Å². The number of esters is 2. The van der Waals surface area contributed by atoms with E-state index in [4.69, 9.17) is 15.2 Å². The molecule has 0 saturated carbocycles. The summed E-state index contributed by atoms with van der Waals surface area (Å²) >= 11 is 2.65. The average molecular weight is 426 g/mol. The molecule has 0 unspecified atom stereocenters. The minimum atomic E-state index is -1.50. The van der Waals surface area contributed by atoms with E-state index in [9.17, 15) is 24.3 Å². The van der Waals surface area contributed by atoms with Crippen molar-refractivity contribution in [3.05, 3.63) is 33.7 Å². The summed E-state index contributed by atoms with van der Waals surface area (Å²) in [4.78, 5) is 49.2. The van der Waals surface area contributed by atoms with Crippen molar-refractivity contribution in [3.63, 3.8) is 0 Å². The lowest BCUT2D eigenvalue weighted by atomic mass is 9.88. The maximum Gasteiger partial charge on any atom is 0.352 e. The van der Waals surface area contributed by atoms with E-state index in [-0.39, 0.29) is 31.1 Å². The Bertz CT molecular complexity index is 852. The Morgan fingerprint density at radius 2 is 2.14 bits per heavy atom. The molecule has 0 bridgehead atoms. The topological polar surface area (TPSA) is 136 Å². The number of thioether (sulfide) groups is 1. The number of rotatable bonds is 7. The lowest BCUT2D eigenvalue weighted by molar-refractivity contribution is -0.162. The van der Waals surface area contributed by atoms with Crippen LogP contribution in [0.4, 0.5) is 0 Å². The number of amides is 1. The number of thiophene rings is 1. The molecule has 3 N–H and O–H groups in total. The van der Waals surface area contributed by atoms with Crippen molar-refractivity contribution in [2.24, 2.45) is 5.73 Å². The monoisotopic (exact) mass is 426 g/mol. The van der Waals surface area contributed by atoms with Crippen LogP contribution in [0.3, 0.4) is 0 Å². The maximum atomic E-state index is 12.6. The van der Waals surface area contributed by atoms with E-state index in [0.29, 0.717) is 5.57 Å². The number of hydrogen-bond donors (Lipinski definition) is 2. The predicted molar refractivity (Wildman–Crippen MR) is 100 cm³/mol. The molecule has 1 fully saturated rings. The van der Waals surface area contributed by atoms with Crippen molar-refractivity contribution in [3.8, 4) is 0 Å². The summed E-state index contributed by atoms with van der Waals surface area (Å²) in [6.07, 6.45) is 0.0796. The standard InChI is InChI=1S/C17H18N2O7S2/c1-9(20)25-6-10-7-28-16-17(18,15(24)19(16)13(10)14(22)23)8-26-12(21)5-11-3-2-4-27-11/h2-4,16H,5-8,18H2,1H3,(H,22,23)/t16-,17-/m1/s1. The summed E-state index contributed by atoms with van der Waals surface area (Å²) in [7, 11) is 0. The first kappa shape index (κ1) is 20.4. The van der Waals surface area contributed by atoms with Crippen molar-refractivity contribution < 1.29 is 33.8 Å². The minimum Gasteiger partial charge on any atom is -0.477 e. The van der Waals surface area contributed by atoms with Crippen molar-refractivity contribution in [1.29, 1.82) is 0 Å². The smallest absolute Gasteiger partial charge is 0.352 e. The summed E-state index contributed by atoms with van der Waals surface area (Å²) in [6.45, 7) is 0.661. The number of fused-ring (bicyclic) bond motifs is 1. The maximum absolute atomic E-state index is 12.6. The van der Waals surface area contributed by atoms with E-state index in [1.807, 2.05) is 11.4 Å². The number of hydrogen-bond acceptors (Lipinski definition) is 9. The van der Waals surface area contributed by atoms with Crippen LogP contribution in [-0.2, 0) is 35.1 Å². The van der Waals surface area contributed by atoms with Crippen molar-refractivity contribution in [1.82, 2.24) is 4.90 Å². The molecule has 1 amide bonds. The number of aliphatic carboxylic acids is 1. The molecule has 1 aromatic heterocycles. The highest BCUT2D eigenvalue weighted by atomic mass is 32.2. The van der Waals surface area contributed by atoms with Gasteiger partial charge in [0.05, 0.1) is 6.42 Å². The molecule has 1 aromatic rings. The van der Waals surface area contributed by atoms with E-state index in [0.717, 1.165) is 9.78 Å². The van der Waals surface area contributed by atoms with Crippen LogP contribution in [0.2, 0.25) is 0 Å². The first-order valence-corrected chi connectivity index (χ1v) is 10.2. The van der Waals surface area contributed by atoms with E-state index in [2.05, 4.69) is 0 Å². The molecule has 0 aromatic carbocycles. The van der Waals surface area contributed by atoms with Crippen LogP contribution in [0, 0.1) is 0 Å². The van der Waals surface area contributed by atoms with Gasteiger partial charge in [-0.1, -0.05) is 6.07 Å². The van der Waals surface area contributed by atoms with Crippen LogP contribution in [0.1, 0.15) is 11.8 Å². The van der Waals surface area contributed by atoms with Crippen molar-refractivity contribution >= 4 is 46.9 Å². The Balaban J connectivity index is 1.69. The predicted octanol–water partition coefficient (Wildman–Crippen LogP) is 0.348. The molecule has 9 nitrogen and oxygen atoms in total. The second-order valence-electron chi connectivity index (χ2n) is 6.33. The van der Waals surface area contributed by atoms with Gasteiger partial charge in [-0.25, -0.2) is 4.79 Å². The van der Waals surface area contributed by atoms with Gasteiger partial charge >= 0.3 is 17.9 Å². The number of carboxylic acid groups (broad SMARTS) is 1. The molecule has 1 saturated heterocycles. The third-order valence-corrected chi connectivity index (χ3v) is 6.64. The summed E-state index contributed by atoms with van der Waals surface area (Å²) in [5, 5.41) is 10.7. The number of nitrogens with zero attached hydrogens (tertiary/aromatic N) is 1. The van der Waals surface area contributed by atoms with Gasteiger partial charge in [0.15, 0.2) is 5.54 Å². The summed E-state index contributed by atoms with van der Waals surface area (Å²) in [5.41, 5.74) is 4.75. The van der Waals surface area contributed by atoms with E-state index >= 15 is 0 Å². The largest absolute Gasteiger partial charge is 0.477 e. The highest BCUT2D eigenvalue weighted by Gasteiger charge is 2.63. The quantitative estimate of drug-likeness (QED) is 0.467. The normalized spacial score (nSPS) is 23.7. The average Bonchev–Trinajstić information content (AvgIpc) is 3.15. The molecule has 3 heterocycles. The molecule has 28 heavy (non-hydrogen) atoms. The fraction of sp³-hybridized carbons (Fsp3) is 0.412. The zero-order valence-electron chi connectivity index (χ0n) is 14.9. The van der Waals surface area contributed by atoms with Gasteiger partial charge in [0.2, 0.25) is 0 Å². The van der Waals surface area contributed by atoms with Gasteiger partial charge in [0, 0.05) is 23.1 Å². The molecule has 11 heteroatoms. The highest BCUT2D eigenvalue weighted by molar-refractivity contribution is 8.00. The van der Waals surface area contributed by atoms with Crippen molar-refractivity contribution in [2.45, 2.75) is 24.3 Å². The molecule has 2 aliphatic rings. The zero-order chi connectivity index (χ0) is 20.5. The van der Waals surface area contributed by atoms with Gasteiger partial charge < -0.3 is 20.3 Å². The van der Waals surface area contributed by atoms with Gasteiger partial charge in [-0.3, -0.25) is 19.3 Å². The van der Waals surface area contributed by atoms with Gasteiger partial charge in [0.1, 0.15) is 24.3 Å². The Morgan fingerprint density at radius 1 is 1.39 bits per heavy atom. The summed E-state index contributed by atoms with van der Waals surface area (Å²) in [5.74, 6) is -2.79. The minimum absolute atomic E-state index is 0.0796. The van der Waals surface area contributed by atoms with Crippen molar-refractivity contribution in [2.75, 3.05) is 19.0 Å². The molecule has 0 aliphatic carbocycles. The number of carbonyl (C=O) groups excluding carboxylic acids is 3. The van der Waals surface area contributed by atoms with Crippen LogP contribution >= 0.6 is 23.1 Å². The Labute approximate surface area is 168 Å². The van der Waals surface area contributed by atoms with E-state index in [1.54, 1.807) is 6.07 Å². The molecule has 3 rings (SSSR count). The van der Waals surface area contributed by atoms with Gasteiger partial charge in [-0.2, -0.15) is 0 Å². The molecular weight excluding hydrogens is 408 g/mol. The number of ether oxygens (including phenoxy) is 2. The lowest BCUT2D eigenvalue weighted by Gasteiger charge is -2.54. The summed E-state index contributed by atoms with van der Waals surface area (Å²) < 4.78 is 10.1. The number of carboxylic acids is 1. The number of carbonyl (C=O) groups is 4. The number of β-lactam (4-membered cyclic amide) rings is 1. The first-order valence-electron chi connectivity index (χ1n) is 8.25. The number of nitrogens with two attached hydrogens (primary N) is 1. The molecular formula is C17H18N2O7S2. The Hall–Kier alpha value is -2.37. The van der Waals surface area contributed by atoms with Crippen LogP contribution in [0.25, 0.3) is 0 Å².